The van der Waals surface area contributed by atoms with Crippen LogP contribution in [0.2, 0.25) is 0 Å². The van der Waals surface area contributed by atoms with Gasteiger partial charge in [-0.2, -0.15) is 0 Å². The second kappa shape index (κ2) is 8.02. The fraction of sp³-hybridized carbons (Fsp3) is 0.368. The molecule has 2 aromatic carbocycles. The number of hydrogen-bond acceptors (Lipinski definition) is 3. The first-order chi connectivity index (χ1) is 11.8. The van der Waals surface area contributed by atoms with E-state index < -0.39 is 0 Å². The molecule has 1 saturated heterocycles. The van der Waals surface area contributed by atoms with Crippen LogP contribution in [-0.4, -0.2) is 46.4 Å². The molecule has 0 saturated carbocycles. The second-order valence-electron chi connectivity index (χ2n) is 5.96. The Labute approximate surface area is 142 Å². The van der Waals surface area contributed by atoms with Crippen molar-refractivity contribution in [2.45, 2.75) is 0 Å². The quantitative estimate of drug-likeness (QED) is 0.871. The number of rotatable bonds is 6. The Morgan fingerprint density at radius 1 is 1.04 bits per heavy atom. The van der Waals surface area contributed by atoms with Gasteiger partial charge in [-0.25, -0.2) is 4.39 Å². The molecule has 1 heterocycles. The van der Waals surface area contributed by atoms with Gasteiger partial charge >= 0.3 is 0 Å². The van der Waals surface area contributed by atoms with Crippen LogP contribution in [0.5, 0.6) is 11.5 Å². The predicted octanol–water partition coefficient (Wildman–Crippen LogP) is 1.62. The van der Waals surface area contributed by atoms with Gasteiger partial charge in [-0.15, -0.1) is 0 Å². The Hall–Kier alpha value is -2.27. The van der Waals surface area contributed by atoms with E-state index in [0.717, 1.165) is 44.2 Å². The molecule has 0 amide bonds. The molecule has 0 atom stereocenters. The van der Waals surface area contributed by atoms with Crippen molar-refractivity contribution in [1.29, 1.82) is 0 Å². The van der Waals surface area contributed by atoms with E-state index in [4.69, 9.17) is 9.47 Å². The monoisotopic (exact) mass is 331 g/mol. The van der Waals surface area contributed by atoms with Crippen LogP contribution in [0.4, 0.5) is 10.1 Å². The first-order valence-electron chi connectivity index (χ1n) is 8.36. The number of nitrogens with one attached hydrogen (secondary N) is 1. The number of ether oxygens (including phenoxy) is 2. The molecule has 0 spiro atoms. The van der Waals surface area contributed by atoms with Crippen molar-refractivity contribution in [2.24, 2.45) is 0 Å². The van der Waals surface area contributed by atoms with Gasteiger partial charge in [0.25, 0.3) is 0 Å². The fourth-order valence-corrected chi connectivity index (χ4v) is 3.05. The number of quaternary nitrogens is 1. The zero-order valence-corrected chi connectivity index (χ0v) is 14.0. The topological polar surface area (TPSA) is 26.1 Å². The van der Waals surface area contributed by atoms with Crippen LogP contribution in [0.25, 0.3) is 0 Å². The zero-order chi connectivity index (χ0) is 16.8. The molecule has 1 fully saturated rings. The summed E-state index contributed by atoms with van der Waals surface area (Å²) in [6.07, 6.45) is 0. The lowest BCUT2D eigenvalue weighted by atomic mass is 10.2. The highest BCUT2D eigenvalue weighted by molar-refractivity contribution is 5.58. The fourth-order valence-electron chi connectivity index (χ4n) is 3.05. The minimum atomic E-state index is -0.236. The smallest absolute Gasteiger partial charge is 0.142 e. The Morgan fingerprint density at radius 2 is 1.75 bits per heavy atom. The summed E-state index contributed by atoms with van der Waals surface area (Å²) in [5.74, 6) is 1.42. The van der Waals surface area contributed by atoms with Crippen molar-refractivity contribution < 1.29 is 18.8 Å². The van der Waals surface area contributed by atoms with E-state index in [1.165, 1.54) is 22.7 Å². The van der Waals surface area contributed by atoms with Gasteiger partial charge in [0.1, 0.15) is 30.5 Å². The molecule has 128 valence electrons. The summed E-state index contributed by atoms with van der Waals surface area (Å²) < 4.78 is 24.0. The number of nitrogens with zero attached hydrogens (tertiary/aromatic N) is 1. The van der Waals surface area contributed by atoms with Gasteiger partial charge in [-0.05, 0) is 36.4 Å². The van der Waals surface area contributed by atoms with Crippen molar-refractivity contribution in [1.82, 2.24) is 0 Å². The molecule has 0 aliphatic carbocycles. The minimum Gasteiger partial charge on any atom is -0.495 e. The largest absolute Gasteiger partial charge is 0.495 e. The van der Waals surface area contributed by atoms with Gasteiger partial charge in [0, 0.05) is 0 Å². The van der Waals surface area contributed by atoms with E-state index in [2.05, 4.69) is 11.0 Å². The molecule has 0 bridgehead atoms. The lowest BCUT2D eigenvalue weighted by molar-refractivity contribution is -0.900. The van der Waals surface area contributed by atoms with Gasteiger partial charge in [0.2, 0.25) is 0 Å². The summed E-state index contributed by atoms with van der Waals surface area (Å²) in [5.41, 5.74) is 1.17. The molecule has 2 aromatic rings. The van der Waals surface area contributed by atoms with Gasteiger partial charge in [0.15, 0.2) is 0 Å². The van der Waals surface area contributed by atoms with E-state index in [9.17, 15) is 4.39 Å². The molecular formula is C19H24FN2O2+. The highest BCUT2D eigenvalue weighted by atomic mass is 19.1. The summed E-state index contributed by atoms with van der Waals surface area (Å²) in [5, 5.41) is 0. The number of benzene rings is 2. The van der Waals surface area contributed by atoms with Crippen LogP contribution in [-0.2, 0) is 0 Å². The first-order valence-corrected chi connectivity index (χ1v) is 8.36. The zero-order valence-electron chi connectivity index (χ0n) is 14.0. The minimum absolute atomic E-state index is 0.236. The molecule has 4 nitrogen and oxygen atoms in total. The molecule has 0 aromatic heterocycles. The number of hydrogen-bond donors (Lipinski definition) is 1. The number of halogens is 1. The highest BCUT2D eigenvalue weighted by Gasteiger charge is 2.21. The summed E-state index contributed by atoms with van der Waals surface area (Å²) >= 11 is 0. The SMILES string of the molecule is COc1ccccc1N1CC[NH+](CCOc2ccc(F)cc2)CC1. The maximum Gasteiger partial charge on any atom is 0.142 e. The lowest BCUT2D eigenvalue weighted by Crippen LogP contribution is -3.15. The van der Waals surface area contributed by atoms with E-state index in [1.54, 1.807) is 19.2 Å². The van der Waals surface area contributed by atoms with Gasteiger partial charge < -0.3 is 19.3 Å². The predicted molar refractivity (Wildman–Crippen MR) is 92.7 cm³/mol. The Morgan fingerprint density at radius 3 is 2.46 bits per heavy atom. The van der Waals surface area contributed by atoms with E-state index in [-0.39, 0.29) is 5.82 Å². The van der Waals surface area contributed by atoms with E-state index in [1.807, 2.05) is 18.2 Å². The normalized spacial score (nSPS) is 15.3. The number of piperazine rings is 1. The molecule has 24 heavy (non-hydrogen) atoms. The van der Waals surface area contributed by atoms with Crippen LogP contribution in [0.1, 0.15) is 0 Å². The van der Waals surface area contributed by atoms with Crippen LogP contribution in [0.15, 0.2) is 48.5 Å². The van der Waals surface area contributed by atoms with Crippen LogP contribution in [0.3, 0.4) is 0 Å². The summed E-state index contributed by atoms with van der Waals surface area (Å²) in [6.45, 7) is 5.76. The Kier molecular flexibility index (Phi) is 5.54. The van der Waals surface area contributed by atoms with Crippen LogP contribution < -0.4 is 19.3 Å². The lowest BCUT2D eigenvalue weighted by Gasteiger charge is -2.34. The number of para-hydroxylation sites is 2. The first kappa shape index (κ1) is 16.6. The highest BCUT2D eigenvalue weighted by Crippen LogP contribution is 2.27. The van der Waals surface area contributed by atoms with Gasteiger partial charge in [-0.1, -0.05) is 12.1 Å². The number of anilines is 1. The molecule has 1 aliphatic heterocycles. The van der Waals surface area contributed by atoms with Crippen molar-refractivity contribution >= 4 is 5.69 Å². The maximum atomic E-state index is 12.9. The van der Waals surface area contributed by atoms with Gasteiger partial charge in [0.05, 0.1) is 39.0 Å². The molecule has 5 heteroatoms. The number of methoxy groups -OCH3 is 1. The summed E-state index contributed by atoms with van der Waals surface area (Å²) in [7, 11) is 1.72. The summed E-state index contributed by atoms with van der Waals surface area (Å²) in [6, 6.07) is 14.4. The molecule has 1 aliphatic rings. The summed E-state index contributed by atoms with van der Waals surface area (Å²) in [4.78, 5) is 3.91. The van der Waals surface area contributed by atoms with Crippen molar-refractivity contribution in [3.63, 3.8) is 0 Å². The molecule has 1 N–H and O–H groups in total. The van der Waals surface area contributed by atoms with Crippen molar-refractivity contribution in [3.05, 3.63) is 54.3 Å². The average molecular weight is 331 g/mol. The standard InChI is InChI=1S/C19H23FN2O2/c1-23-19-5-3-2-4-18(19)22-12-10-21(11-13-22)14-15-24-17-8-6-16(20)7-9-17/h2-9H,10-15H2,1H3/p+1. The average Bonchev–Trinajstić information content (AvgIpc) is 2.64. The third kappa shape index (κ3) is 4.17. The molecule has 3 rings (SSSR count). The third-order valence-corrected chi connectivity index (χ3v) is 4.43. The van der Waals surface area contributed by atoms with E-state index in [0.29, 0.717) is 6.61 Å². The molecular weight excluding hydrogens is 307 g/mol. The van der Waals surface area contributed by atoms with Gasteiger partial charge in [-0.3, -0.25) is 0 Å². The Balaban J connectivity index is 1.44. The second-order valence-corrected chi connectivity index (χ2v) is 5.96. The van der Waals surface area contributed by atoms with E-state index >= 15 is 0 Å². The Bertz CT molecular complexity index is 640. The van der Waals surface area contributed by atoms with Crippen molar-refractivity contribution in [2.75, 3.05) is 51.3 Å². The van der Waals surface area contributed by atoms with Crippen molar-refractivity contribution in [3.8, 4) is 11.5 Å². The molecule has 0 radical (unpaired) electrons. The maximum absolute atomic E-state index is 12.9. The third-order valence-electron chi connectivity index (χ3n) is 4.43. The van der Waals surface area contributed by atoms with Crippen LogP contribution in [0, 0.1) is 5.82 Å². The molecule has 0 unspecified atom stereocenters. The van der Waals surface area contributed by atoms with Crippen LogP contribution >= 0.6 is 0 Å².